The molecule has 0 atom stereocenters. The first kappa shape index (κ1) is 17.8. The molecule has 6 heteroatoms. The van der Waals surface area contributed by atoms with Gasteiger partial charge in [-0.1, -0.05) is 29.3 Å². The fourth-order valence-corrected chi connectivity index (χ4v) is 2.20. The summed E-state index contributed by atoms with van der Waals surface area (Å²) in [5.41, 5.74) is 2.63. The third-order valence-corrected chi connectivity index (χ3v) is 3.53. The number of carbonyl (C=O) groups is 2. The molecule has 0 aliphatic heterocycles. The molecule has 0 unspecified atom stereocenters. The average molecular weight is 347 g/mol. The number of amides is 2. The Bertz CT molecular complexity index is 730. The fraction of sp³-hybridized carbons (Fsp3) is 0.222. The molecule has 24 heavy (non-hydrogen) atoms. The number of carbonyl (C=O) groups excluding carboxylic acids is 2. The lowest BCUT2D eigenvalue weighted by molar-refractivity contribution is -0.125. The van der Waals surface area contributed by atoms with Crippen LogP contribution in [0.4, 0.5) is 5.69 Å². The minimum atomic E-state index is -0.362. The summed E-state index contributed by atoms with van der Waals surface area (Å²) in [5.74, 6) is -0.0698. The second kappa shape index (κ2) is 8.36. The van der Waals surface area contributed by atoms with Gasteiger partial charge >= 0.3 is 0 Å². The first-order valence-electron chi connectivity index (χ1n) is 7.46. The molecular formula is C18H19ClN2O3. The van der Waals surface area contributed by atoms with E-state index in [0.29, 0.717) is 16.5 Å². The molecule has 0 heterocycles. The van der Waals surface area contributed by atoms with Gasteiger partial charge in [-0.3, -0.25) is 9.59 Å². The van der Waals surface area contributed by atoms with Crippen LogP contribution in [0.15, 0.2) is 42.5 Å². The summed E-state index contributed by atoms with van der Waals surface area (Å²) in [6.07, 6.45) is 0. The van der Waals surface area contributed by atoms with Gasteiger partial charge in [0.2, 0.25) is 5.91 Å². The maximum Gasteiger partial charge on any atom is 0.258 e. The molecule has 0 aromatic heterocycles. The summed E-state index contributed by atoms with van der Waals surface area (Å²) in [6.45, 7) is 3.54. The third-order valence-electron chi connectivity index (χ3n) is 3.30. The Morgan fingerprint density at radius 3 is 2.42 bits per heavy atom. The van der Waals surface area contributed by atoms with Crippen LogP contribution < -0.4 is 15.4 Å². The summed E-state index contributed by atoms with van der Waals surface area (Å²) in [6, 6.07) is 12.5. The van der Waals surface area contributed by atoms with E-state index in [1.54, 1.807) is 30.3 Å². The summed E-state index contributed by atoms with van der Waals surface area (Å²) < 4.78 is 5.35. The van der Waals surface area contributed by atoms with E-state index in [-0.39, 0.29) is 25.0 Å². The van der Waals surface area contributed by atoms with Crippen LogP contribution in [-0.2, 0) is 9.59 Å². The van der Waals surface area contributed by atoms with Crippen LogP contribution in [0.1, 0.15) is 11.1 Å². The van der Waals surface area contributed by atoms with Gasteiger partial charge in [0.25, 0.3) is 5.91 Å². The molecule has 126 valence electrons. The van der Waals surface area contributed by atoms with E-state index in [1.165, 1.54) is 0 Å². The molecule has 0 bridgehead atoms. The van der Waals surface area contributed by atoms with Gasteiger partial charge in [-0.05, 0) is 49.7 Å². The van der Waals surface area contributed by atoms with Crippen molar-refractivity contribution in [3.05, 3.63) is 58.6 Å². The van der Waals surface area contributed by atoms with E-state index in [2.05, 4.69) is 10.6 Å². The predicted molar refractivity (Wildman–Crippen MR) is 94.5 cm³/mol. The van der Waals surface area contributed by atoms with Gasteiger partial charge in [0.05, 0.1) is 6.54 Å². The average Bonchev–Trinajstić information content (AvgIpc) is 2.55. The SMILES string of the molecule is Cc1ccc(OCC(=O)NCC(=O)Nc2ccc(Cl)cc2C)cc1. The third kappa shape index (κ3) is 5.59. The van der Waals surface area contributed by atoms with Crippen molar-refractivity contribution in [2.45, 2.75) is 13.8 Å². The number of rotatable bonds is 6. The molecule has 0 radical (unpaired) electrons. The Morgan fingerprint density at radius 1 is 1.04 bits per heavy atom. The van der Waals surface area contributed by atoms with E-state index >= 15 is 0 Å². The van der Waals surface area contributed by atoms with E-state index in [1.807, 2.05) is 26.0 Å². The predicted octanol–water partition coefficient (Wildman–Crippen LogP) is 3.09. The van der Waals surface area contributed by atoms with E-state index < -0.39 is 0 Å². The van der Waals surface area contributed by atoms with Crippen LogP contribution in [-0.4, -0.2) is 25.0 Å². The molecular weight excluding hydrogens is 328 g/mol. The van der Waals surface area contributed by atoms with Crippen LogP contribution in [0.3, 0.4) is 0 Å². The second-order valence-electron chi connectivity index (χ2n) is 5.39. The summed E-state index contributed by atoms with van der Waals surface area (Å²) >= 11 is 5.87. The summed E-state index contributed by atoms with van der Waals surface area (Å²) in [4.78, 5) is 23.6. The van der Waals surface area contributed by atoms with E-state index in [0.717, 1.165) is 11.1 Å². The number of anilines is 1. The molecule has 0 saturated heterocycles. The smallest absolute Gasteiger partial charge is 0.258 e. The van der Waals surface area contributed by atoms with Gasteiger partial charge in [0.1, 0.15) is 5.75 Å². The zero-order valence-corrected chi connectivity index (χ0v) is 14.3. The molecule has 2 N–H and O–H groups in total. The first-order chi connectivity index (χ1) is 11.4. The quantitative estimate of drug-likeness (QED) is 0.844. The Morgan fingerprint density at radius 2 is 1.75 bits per heavy atom. The highest BCUT2D eigenvalue weighted by Gasteiger charge is 2.08. The van der Waals surface area contributed by atoms with Crippen molar-refractivity contribution in [1.29, 1.82) is 0 Å². The number of aryl methyl sites for hydroxylation is 2. The van der Waals surface area contributed by atoms with Crippen LogP contribution in [0.2, 0.25) is 5.02 Å². The molecule has 0 fully saturated rings. The van der Waals surface area contributed by atoms with E-state index in [9.17, 15) is 9.59 Å². The lowest BCUT2D eigenvalue weighted by Gasteiger charge is -2.10. The minimum absolute atomic E-state index is 0.127. The molecule has 2 aromatic carbocycles. The van der Waals surface area contributed by atoms with E-state index in [4.69, 9.17) is 16.3 Å². The molecule has 2 rings (SSSR count). The number of ether oxygens (including phenoxy) is 1. The number of hydrogen-bond donors (Lipinski definition) is 2. The molecule has 0 saturated carbocycles. The first-order valence-corrected chi connectivity index (χ1v) is 7.84. The summed E-state index contributed by atoms with van der Waals surface area (Å²) in [5, 5.41) is 5.84. The van der Waals surface area contributed by atoms with Crippen molar-refractivity contribution in [1.82, 2.24) is 5.32 Å². The Labute approximate surface area is 146 Å². The maximum atomic E-state index is 11.9. The molecule has 0 aliphatic carbocycles. The Hall–Kier alpha value is -2.53. The second-order valence-corrected chi connectivity index (χ2v) is 5.82. The largest absolute Gasteiger partial charge is 0.484 e. The van der Waals surface area contributed by atoms with Gasteiger partial charge in [-0.15, -0.1) is 0 Å². The topological polar surface area (TPSA) is 67.4 Å². The van der Waals surface area contributed by atoms with Gasteiger partial charge in [0.15, 0.2) is 6.61 Å². The zero-order chi connectivity index (χ0) is 17.5. The van der Waals surface area contributed by atoms with Crippen LogP contribution in [0.25, 0.3) is 0 Å². The highest BCUT2D eigenvalue weighted by atomic mass is 35.5. The number of benzene rings is 2. The minimum Gasteiger partial charge on any atom is -0.484 e. The molecule has 5 nitrogen and oxygen atoms in total. The number of nitrogens with one attached hydrogen (secondary N) is 2. The lowest BCUT2D eigenvalue weighted by Crippen LogP contribution is -2.35. The van der Waals surface area contributed by atoms with Gasteiger partial charge in [-0.2, -0.15) is 0 Å². The molecule has 0 aliphatic rings. The van der Waals surface area contributed by atoms with Gasteiger partial charge < -0.3 is 15.4 Å². The maximum absolute atomic E-state index is 11.9. The molecule has 2 amide bonds. The molecule has 0 spiro atoms. The molecule has 2 aromatic rings. The van der Waals surface area contributed by atoms with Gasteiger partial charge in [-0.25, -0.2) is 0 Å². The highest BCUT2D eigenvalue weighted by Crippen LogP contribution is 2.19. The van der Waals surface area contributed by atoms with Crippen molar-refractivity contribution < 1.29 is 14.3 Å². The Balaban J connectivity index is 1.74. The number of hydrogen-bond acceptors (Lipinski definition) is 3. The Kier molecular flexibility index (Phi) is 6.21. The van der Waals surface area contributed by atoms with Crippen molar-refractivity contribution in [2.24, 2.45) is 0 Å². The van der Waals surface area contributed by atoms with Crippen molar-refractivity contribution >= 4 is 29.1 Å². The van der Waals surface area contributed by atoms with Crippen LogP contribution in [0, 0.1) is 13.8 Å². The monoisotopic (exact) mass is 346 g/mol. The standard InChI is InChI=1S/C18H19ClN2O3/c1-12-3-6-15(7-4-12)24-11-18(23)20-10-17(22)21-16-8-5-14(19)9-13(16)2/h3-9H,10-11H2,1-2H3,(H,20,23)(H,21,22). The number of halogens is 1. The van der Waals surface area contributed by atoms with Crippen LogP contribution >= 0.6 is 11.6 Å². The highest BCUT2D eigenvalue weighted by molar-refractivity contribution is 6.30. The van der Waals surface area contributed by atoms with Gasteiger partial charge in [0, 0.05) is 10.7 Å². The van der Waals surface area contributed by atoms with Crippen molar-refractivity contribution in [3.8, 4) is 5.75 Å². The lowest BCUT2D eigenvalue weighted by atomic mass is 10.2. The van der Waals surface area contributed by atoms with Crippen LogP contribution in [0.5, 0.6) is 5.75 Å². The normalized spacial score (nSPS) is 10.1. The summed E-state index contributed by atoms with van der Waals surface area (Å²) in [7, 11) is 0. The van der Waals surface area contributed by atoms with Crippen molar-refractivity contribution in [2.75, 3.05) is 18.5 Å². The van der Waals surface area contributed by atoms with Crippen molar-refractivity contribution in [3.63, 3.8) is 0 Å². The zero-order valence-electron chi connectivity index (χ0n) is 13.6. The fourth-order valence-electron chi connectivity index (χ4n) is 1.98.